The maximum absolute atomic E-state index is 13.4. The molecule has 0 spiro atoms. The zero-order chi connectivity index (χ0) is 21.3. The highest BCUT2D eigenvalue weighted by Crippen LogP contribution is 2.42. The quantitative estimate of drug-likeness (QED) is 0.555. The van der Waals surface area contributed by atoms with Crippen molar-refractivity contribution in [2.45, 2.75) is 24.2 Å². The summed E-state index contributed by atoms with van der Waals surface area (Å²) in [6, 6.07) is 19.8. The van der Waals surface area contributed by atoms with Gasteiger partial charge in [0.15, 0.2) is 0 Å². The summed E-state index contributed by atoms with van der Waals surface area (Å²) in [5.41, 5.74) is 3.96. The van der Waals surface area contributed by atoms with Crippen LogP contribution in [-0.2, 0) is 16.4 Å². The Morgan fingerprint density at radius 3 is 2.37 bits per heavy atom. The molecule has 1 heterocycles. The molecule has 0 aromatic heterocycles. The van der Waals surface area contributed by atoms with Crippen molar-refractivity contribution < 1.29 is 17.9 Å². The van der Waals surface area contributed by atoms with Gasteiger partial charge in [-0.3, -0.25) is 9.10 Å². The van der Waals surface area contributed by atoms with Gasteiger partial charge in [0, 0.05) is 18.0 Å². The smallest absolute Gasteiger partial charge is 0.264 e. The lowest BCUT2D eigenvalue weighted by molar-refractivity contribution is 0.112. The maximum atomic E-state index is 13.4. The molecule has 0 saturated carbocycles. The number of anilines is 1. The Morgan fingerprint density at radius 2 is 1.73 bits per heavy atom. The third-order valence-electron chi connectivity index (χ3n) is 5.56. The van der Waals surface area contributed by atoms with Crippen LogP contribution in [0.3, 0.4) is 0 Å². The Hall–Kier alpha value is -3.12. The van der Waals surface area contributed by atoms with E-state index < -0.39 is 10.0 Å². The highest BCUT2D eigenvalue weighted by Gasteiger charge is 2.37. The van der Waals surface area contributed by atoms with Gasteiger partial charge in [-0.2, -0.15) is 0 Å². The van der Waals surface area contributed by atoms with Crippen molar-refractivity contribution >= 4 is 22.0 Å². The minimum Gasteiger partial charge on any atom is -0.497 e. The molecule has 154 valence electrons. The van der Waals surface area contributed by atoms with Crippen molar-refractivity contribution in [3.05, 3.63) is 89.0 Å². The molecule has 4 rings (SSSR count). The normalized spacial score (nSPS) is 15.7. The van der Waals surface area contributed by atoms with Crippen LogP contribution in [0.2, 0.25) is 0 Å². The predicted molar refractivity (Wildman–Crippen MR) is 117 cm³/mol. The molecule has 0 amide bonds. The van der Waals surface area contributed by atoms with Gasteiger partial charge < -0.3 is 4.74 Å². The number of fused-ring (bicyclic) bond motifs is 1. The van der Waals surface area contributed by atoms with Gasteiger partial charge in [-0.1, -0.05) is 42.0 Å². The van der Waals surface area contributed by atoms with E-state index in [1.54, 1.807) is 49.6 Å². The fraction of sp³-hybridized carbons (Fsp3) is 0.208. The van der Waals surface area contributed by atoms with Crippen LogP contribution in [0.15, 0.2) is 71.6 Å². The minimum atomic E-state index is -3.73. The molecule has 0 unspecified atom stereocenters. The molecule has 0 radical (unpaired) electrons. The molecule has 5 nitrogen and oxygen atoms in total. The third-order valence-corrected chi connectivity index (χ3v) is 7.35. The first-order valence-corrected chi connectivity index (χ1v) is 11.2. The van der Waals surface area contributed by atoms with Crippen LogP contribution in [0.1, 0.15) is 33.0 Å². The van der Waals surface area contributed by atoms with Crippen LogP contribution in [-0.4, -0.2) is 28.4 Å². The monoisotopic (exact) mass is 421 g/mol. The van der Waals surface area contributed by atoms with E-state index in [4.69, 9.17) is 4.74 Å². The molecule has 30 heavy (non-hydrogen) atoms. The molecule has 1 aliphatic heterocycles. The van der Waals surface area contributed by atoms with E-state index >= 15 is 0 Å². The number of methoxy groups -OCH3 is 1. The Morgan fingerprint density at radius 1 is 1.03 bits per heavy atom. The molecule has 0 saturated heterocycles. The molecule has 0 bridgehead atoms. The Balaban J connectivity index is 1.74. The maximum Gasteiger partial charge on any atom is 0.264 e. The molecule has 6 heteroatoms. The van der Waals surface area contributed by atoms with Crippen LogP contribution in [0.5, 0.6) is 5.75 Å². The number of aldehydes is 1. The Kier molecular flexibility index (Phi) is 5.35. The fourth-order valence-electron chi connectivity index (χ4n) is 4.00. The standard InChI is InChI=1S/C24H23NO4S/c1-17-6-12-22(13-7-17)30(27,28)25-15-20(14-18-8-10-21(29-2)11-9-18)24-19(16-26)4-3-5-23(24)25/h3-13,16,20H,14-15H2,1-2H3/t20-/m0/s1. The lowest BCUT2D eigenvalue weighted by Gasteiger charge is -2.20. The van der Waals surface area contributed by atoms with Gasteiger partial charge in [0.2, 0.25) is 0 Å². The van der Waals surface area contributed by atoms with Gasteiger partial charge in [0.25, 0.3) is 10.0 Å². The molecule has 1 atom stereocenters. The summed E-state index contributed by atoms with van der Waals surface area (Å²) in [6.45, 7) is 2.21. The molecule has 3 aromatic carbocycles. The van der Waals surface area contributed by atoms with Gasteiger partial charge in [0.05, 0.1) is 17.7 Å². The largest absolute Gasteiger partial charge is 0.497 e. The first-order chi connectivity index (χ1) is 14.4. The molecule has 0 aliphatic carbocycles. The highest BCUT2D eigenvalue weighted by molar-refractivity contribution is 7.92. The van der Waals surface area contributed by atoms with E-state index in [1.165, 1.54) is 4.31 Å². The molecule has 0 fully saturated rings. The fourth-order valence-corrected chi connectivity index (χ4v) is 5.53. The number of hydrogen-bond acceptors (Lipinski definition) is 4. The number of aryl methyl sites for hydroxylation is 1. The molecule has 3 aromatic rings. The van der Waals surface area contributed by atoms with E-state index in [-0.39, 0.29) is 10.8 Å². The second-order valence-electron chi connectivity index (χ2n) is 7.50. The molecular formula is C24H23NO4S. The predicted octanol–water partition coefficient (Wildman–Crippen LogP) is 4.35. The van der Waals surface area contributed by atoms with Gasteiger partial charge in [-0.05, 0) is 54.8 Å². The minimum absolute atomic E-state index is 0.116. The number of rotatable bonds is 6. The Bertz CT molecular complexity index is 1170. The first kappa shape index (κ1) is 20.2. The number of ether oxygens (including phenoxy) is 1. The van der Waals surface area contributed by atoms with Gasteiger partial charge >= 0.3 is 0 Å². The van der Waals surface area contributed by atoms with Crippen LogP contribution < -0.4 is 9.04 Å². The molecular weight excluding hydrogens is 398 g/mol. The zero-order valence-electron chi connectivity index (χ0n) is 16.9. The van der Waals surface area contributed by atoms with Gasteiger partial charge in [-0.15, -0.1) is 0 Å². The van der Waals surface area contributed by atoms with Gasteiger partial charge in [0.1, 0.15) is 12.0 Å². The summed E-state index contributed by atoms with van der Waals surface area (Å²) in [6.07, 6.45) is 1.43. The second kappa shape index (κ2) is 7.95. The summed E-state index contributed by atoms with van der Waals surface area (Å²) >= 11 is 0. The zero-order valence-corrected chi connectivity index (χ0v) is 17.7. The van der Waals surface area contributed by atoms with E-state index in [2.05, 4.69) is 0 Å². The lowest BCUT2D eigenvalue weighted by atomic mass is 9.91. The van der Waals surface area contributed by atoms with E-state index in [1.807, 2.05) is 31.2 Å². The number of hydrogen-bond donors (Lipinski definition) is 0. The van der Waals surface area contributed by atoms with Crippen LogP contribution in [0.4, 0.5) is 5.69 Å². The van der Waals surface area contributed by atoms with Crippen LogP contribution in [0.25, 0.3) is 0 Å². The van der Waals surface area contributed by atoms with Crippen molar-refractivity contribution in [3.63, 3.8) is 0 Å². The topological polar surface area (TPSA) is 63.7 Å². The molecule has 1 aliphatic rings. The average molecular weight is 422 g/mol. The number of sulfonamides is 1. The van der Waals surface area contributed by atoms with Crippen LogP contribution in [0, 0.1) is 6.92 Å². The third kappa shape index (κ3) is 3.59. The summed E-state index contributed by atoms with van der Waals surface area (Å²) in [7, 11) is -2.11. The van der Waals surface area contributed by atoms with E-state index in [0.717, 1.165) is 28.7 Å². The molecule has 0 N–H and O–H groups in total. The first-order valence-electron chi connectivity index (χ1n) is 9.74. The summed E-state index contributed by atoms with van der Waals surface area (Å²) in [4.78, 5) is 12.0. The van der Waals surface area contributed by atoms with Crippen molar-refractivity contribution in [1.82, 2.24) is 0 Å². The van der Waals surface area contributed by atoms with Crippen molar-refractivity contribution in [1.29, 1.82) is 0 Å². The number of nitrogens with zero attached hydrogens (tertiary/aromatic N) is 1. The van der Waals surface area contributed by atoms with Crippen molar-refractivity contribution in [2.24, 2.45) is 0 Å². The highest BCUT2D eigenvalue weighted by atomic mass is 32.2. The van der Waals surface area contributed by atoms with Crippen LogP contribution >= 0.6 is 0 Å². The average Bonchev–Trinajstić information content (AvgIpc) is 3.14. The second-order valence-corrected chi connectivity index (χ2v) is 9.36. The number of benzene rings is 3. The van der Waals surface area contributed by atoms with E-state index in [0.29, 0.717) is 24.2 Å². The van der Waals surface area contributed by atoms with Gasteiger partial charge in [-0.25, -0.2) is 8.42 Å². The summed E-state index contributed by atoms with van der Waals surface area (Å²) < 4.78 is 33.5. The summed E-state index contributed by atoms with van der Waals surface area (Å²) in [5, 5.41) is 0. The SMILES string of the molecule is COc1ccc(C[C@H]2CN(S(=O)(=O)c3ccc(C)cc3)c3cccc(C=O)c32)cc1. The van der Waals surface area contributed by atoms with Crippen molar-refractivity contribution in [3.8, 4) is 5.75 Å². The van der Waals surface area contributed by atoms with Crippen molar-refractivity contribution in [2.75, 3.05) is 18.0 Å². The Labute approximate surface area is 177 Å². The summed E-state index contributed by atoms with van der Waals surface area (Å²) in [5.74, 6) is 0.651. The number of carbonyl (C=O) groups excluding carboxylic acids is 1. The van der Waals surface area contributed by atoms with E-state index in [9.17, 15) is 13.2 Å². The number of carbonyl (C=O) groups is 1. The lowest BCUT2D eigenvalue weighted by Crippen LogP contribution is -2.30.